The fourth-order valence-electron chi connectivity index (χ4n) is 3.16. The van der Waals surface area contributed by atoms with Crippen molar-refractivity contribution in [2.24, 2.45) is 5.10 Å². The molecule has 3 nitrogen and oxygen atoms in total. The standard InChI is InChI=1S/C24H15F5N2O/c25-19-20(26)22(28)24(23(29)21(19)27)31-30-12-15-7-2-4-11-18(15)32-13-16-9-5-8-14-6-1-3-10-17(14)16/h1-12,31H,13H2/b30-12-. The number of halogens is 5. The second-order valence-electron chi connectivity index (χ2n) is 6.78. The molecule has 0 bridgehead atoms. The molecule has 0 radical (unpaired) electrons. The normalized spacial score (nSPS) is 11.3. The smallest absolute Gasteiger partial charge is 0.200 e. The summed E-state index contributed by atoms with van der Waals surface area (Å²) in [7, 11) is 0. The predicted molar refractivity (Wildman–Crippen MR) is 112 cm³/mol. The molecule has 0 unspecified atom stereocenters. The maximum atomic E-state index is 13.8. The molecule has 32 heavy (non-hydrogen) atoms. The zero-order chi connectivity index (χ0) is 22.7. The summed E-state index contributed by atoms with van der Waals surface area (Å²) in [6.45, 7) is 0.247. The number of nitrogens with one attached hydrogen (secondary N) is 1. The molecule has 162 valence electrons. The van der Waals surface area contributed by atoms with Gasteiger partial charge in [0, 0.05) is 5.56 Å². The van der Waals surface area contributed by atoms with Gasteiger partial charge in [-0.1, -0.05) is 54.6 Å². The van der Waals surface area contributed by atoms with E-state index in [2.05, 4.69) is 5.10 Å². The van der Waals surface area contributed by atoms with Crippen molar-refractivity contribution in [2.75, 3.05) is 5.43 Å². The number of ether oxygens (including phenoxy) is 1. The molecule has 0 spiro atoms. The summed E-state index contributed by atoms with van der Waals surface area (Å²) >= 11 is 0. The quantitative estimate of drug-likeness (QED) is 0.121. The zero-order valence-electron chi connectivity index (χ0n) is 16.4. The highest BCUT2D eigenvalue weighted by Gasteiger charge is 2.25. The molecular formula is C24H15F5N2O. The first-order valence-corrected chi connectivity index (χ1v) is 9.46. The Bertz CT molecular complexity index is 1290. The SMILES string of the molecule is Fc1c(F)c(F)c(N/N=C\c2ccccc2OCc2cccc3ccccc23)c(F)c1F. The van der Waals surface area contributed by atoms with Crippen LogP contribution in [0.5, 0.6) is 5.75 Å². The molecule has 0 aliphatic carbocycles. The average Bonchev–Trinajstić information content (AvgIpc) is 2.83. The molecule has 0 fully saturated rings. The number of para-hydroxylation sites is 1. The van der Waals surface area contributed by atoms with Crippen LogP contribution in [0.3, 0.4) is 0 Å². The second kappa shape index (κ2) is 9.05. The van der Waals surface area contributed by atoms with E-state index in [0.717, 1.165) is 22.6 Å². The molecule has 0 aromatic heterocycles. The van der Waals surface area contributed by atoms with Crippen molar-refractivity contribution in [3.8, 4) is 5.75 Å². The van der Waals surface area contributed by atoms with Crippen molar-refractivity contribution in [2.45, 2.75) is 6.61 Å². The van der Waals surface area contributed by atoms with Gasteiger partial charge in [0.05, 0.1) is 6.21 Å². The second-order valence-corrected chi connectivity index (χ2v) is 6.78. The Balaban J connectivity index is 1.54. The van der Waals surface area contributed by atoms with Crippen molar-refractivity contribution < 1.29 is 26.7 Å². The molecule has 0 heterocycles. The minimum atomic E-state index is -2.23. The average molecular weight is 442 g/mol. The van der Waals surface area contributed by atoms with Crippen molar-refractivity contribution >= 4 is 22.7 Å². The number of hydrazone groups is 1. The number of rotatable bonds is 6. The third-order valence-electron chi connectivity index (χ3n) is 4.77. The molecular weight excluding hydrogens is 427 g/mol. The molecule has 4 aromatic carbocycles. The Morgan fingerprint density at radius 1 is 0.719 bits per heavy atom. The Morgan fingerprint density at radius 3 is 2.12 bits per heavy atom. The monoisotopic (exact) mass is 442 g/mol. The summed E-state index contributed by atoms with van der Waals surface area (Å²) in [4.78, 5) is 0. The van der Waals surface area contributed by atoms with E-state index in [1.165, 1.54) is 0 Å². The largest absolute Gasteiger partial charge is 0.488 e. The van der Waals surface area contributed by atoms with Gasteiger partial charge in [-0.25, -0.2) is 22.0 Å². The van der Waals surface area contributed by atoms with Gasteiger partial charge >= 0.3 is 0 Å². The van der Waals surface area contributed by atoms with Gasteiger partial charge in [0.25, 0.3) is 0 Å². The number of anilines is 1. The van der Waals surface area contributed by atoms with Gasteiger partial charge < -0.3 is 4.74 Å². The molecule has 0 amide bonds. The van der Waals surface area contributed by atoms with Crippen molar-refractivity contribution in [3.05, 3.63) is 107 Å². The van der Waals surface area contributed by atoms with Crippen LogP contribution in [-0.2, 0) is 6.61 Å². The fourth-order valence-corrected chi connectivity index (χ4v) is 3.16. The maximum absolute atomic E-state index is 13.8. The van der Waals surface area contributed by atoms with E-state index in [9.17, 15) is 22.0 Å². The fraction of sp³-hybridized carbons (Fsp3) is 0.0417. The van der Waals surface area contributed by atoms with Crippen molar-refractivity contribution in [1.82, 2.24) is 0 Å². The summed E-state index contributed by atoms with van der Waals surface area (Å²) in [5.74, 6) is -9.93. The van der Waals surface area contributed by atoms with Crippen LogP contribution < -0.4 is 10.2 Å². The van der Waals surface area contributed by atoms with Crippen LogP contribution in [-0.4, -0.2) is 6.21 Å². The highest BCUT2D eigenvalue weighted by Crippen LogP contribution is 2.27. The van der Waals surface area contributed by atoms with Crippen molar-refractivity contribution in [3.63, 3.8) is 0 Å². The molecule has 0 aliphatic heterocycles. The van der Waals surface area contributed by atoms with Gasteiger partial charge in [0.1, 0.15) is 18.0 Å². The number of benzene rings is 4. The number of hydrogen-bond donors (Lipinski definition) is 1. The third-order valence-corrected chi connectivity index (χ3v) is 4.77. The molecule has 4 rings (SSSR count). The van der Waals surface area contributed by atoms with E-state index >= 15 is 0 Å². The van der Waals surface area contributed by atoms with E-state index in [1.54, 1.807) is 24.3 Å². The van der Waals surface area contributed by atoms with Crippen LogP contribution in [0.25, 0.3) is 10.8 Å². The predicted octanol–water partition coefficient (Wildman–Crippen LogP) is 6.56. The van der Waals surface area contributed by atoms with Gasteiger partial charge in [-0.05, 0) is 28.5 Å². The van der Waals surface area contributed by atoms with Gasteiger partial charge in [-0.15, -0.1) is 0 Å². The van der Waals surface area contributed by atoms with E-state index in [4.69, 9.17) is 4.74 Å². The first-order chi connectivity index (χ1) is 15.5. The number of hydrogen-bond acceptors (Lipinski definition) is 3. The highest BCUT2D eigenvalue weighted by atomic mass is 19.2. The van der Waals surface area contributed by atoms with Crippen LogP contribution in [0, 0.1) is 29.1 Å². The Morgan fingerprint density at radius 2 is 1.34 bits per heavy atom. The first kappa shape index (κ1) is 21.3. The Kier molecular flexibility index (Phi) is 6.02. The summed E-state index contributed by atoms with van der Waals surface area (Å²) in [6.07, 6.45) is 1.16. The summed E-state index contributed by atoms with van der Waals surface area (Å²) in [6, 6.07) is 20.4. The van der Waals surface area contributed by atoms with Crippen LogP contribution in [0.15, 0.2) is 71.8 Å². The summed E-state index contributed by atoms with van der Waals surface area (Å²) in [5, 5.41) is 5.72. The van der Waals surface area contributed by atoms with Crippen LogP contribution in [0.4, 0.5) is 27.6 Å². The van der Waals surface area contributed by atoms with E-state index in [1.807, 2.05) is 47.9 Å². The minimum absolute atomic E-state index is 0.247. The highest BCUT2D eigenvalue weighted by molar-refractivity contribution is 5.86. The van der Waals surface area contributed by atoms with E-state index in [0.29, 0.717) is 11.3 Å². The topological polar surface area (TPSA) is 33.6 Å². The summed E-state index contributed by atoms with van der Waals surface area (Å²) in [5.41, 5.74) is 2.02. The Labute approximate surface area is 179 Å². The van der Waals surface area contributed by atoms with Gasteiger partial charge in [0.15, 0.2) is 23.3 Å². The van der Waals surface area contributed by atoms with Gasteiger partial charge in [-0.2, -0.15) is 5.10 Å². The van der Waals surface area contributed by atoms with E-state index in [-0.39, 0.29) is 6.61 Å². The molecule has 1 N–H and O–H groups in total. The molecule has 4 aromatic rings. The molecule has 0 saturated heterocycles. The zero-order valence-corrected chi connectivity index (χ0v) is 16.4. The first-order valence-electron chi connectivity index (χ1n) is 9.46. The maximum Gasteiger partial charge on any atom is 0.200 e. The van der Waals surface area contributed by atoms with Crippen LogP contribution >= 0.6 is 0 Å². The van der Waals surface area contributed by atoms with Gasteiger partial charge in [-0.3, -0.25) is 5.43 Å². The molecule has 0 saturated carbocycles. The number of fused-ring (bicyclic) bond motifs is 1. The Hall–Kier alpha value is -3.94. The lowest BCUT2D eigenvalue weighted by atomic mass is 10.1. The lowest BCUT2D eigenvalue weighted by Crippen LogP contribution is -2.06. The minimum Gasteiger partial charge on any atom is -0.488 e. The van der Waals surface area contributed by atoms with Gasteiger partial charge in [0.2, 0.25) is 5.82 Å². The summed E-state index contributed by atoms with van der Waals surface area (Å²) < 4.78 is 73.2. The lowest BCUT2D eigenvalue weighted by Gasteiger charge is -2.11. The van der Waals surface area contributed by atoms with Crippen LogP contribution in [0.2, 0.25) is 0 Å². The lowest BCUT2D eigenvalue weighted by molar-refractivity contribution is 0.307. The molecule has 0 aliphatic rings. The number of nitrogens with zero attached hydrogens (tertiary/aromatic N) is 1. The van der Waals surface area contributed by atoms with Crippen molar-refractivity contribution in [1.29, 1.82) is 0 Å². The third kappa shape index (κ3) is 4.12. The van der Waals surface area contributed by atoms with E-state index < -0.39 is 34.8 Å². The molecule has 0 atom stereocenters. The van der Waals surface area contributed by atoms with Crippen LogP contribution in [0.1, 0.15) is 11.1 Å². The molecule has 8 heteroatoms.